The number of aliphatic carboxylic acids is 1. The molecule has 5 heteroatoms. The van der Waals surface area contributed by atoms with Crippen LogP contribution in [0.4, 0.5) is 0 Å². The van der Waals surface area contributed by atoms with Crippen molar-refractivity contribution in [2.45, 2.75) is 44.7 Å². The fourth-order valence-corrected chi connectivity index (χ4v) is 2.89. The lowest BCUT2D eigenvalue weighted by atomic mass is 9.91. The second-order valence-electron chi connectivity index (χ2n) is 5.87. The first-order valence-corrected chi connectivity index (χ1v) is 7.40. The maximum atomic E-state index is 11.9. The molecule has 0 bridgehead atoms. The number of carbonyl (C=O) groups is 1. The fourth-order valence-electron chi connectivity index (χ4n) is 2.89. The summed E-state index contributed by atoms with van der Waals surface area (Å²) >= 11 is 0. The molecule has 2 aliphatic rings. The second-order valence-corrected chi connectivity index (χ2v) is 5.87. The highest BCUT2D eigenvalue weighted by Crippen LogP contribution is 2.41. The van der Waals surface area contributed by atoms with Crippen molar-refractivity contribution in [3.8, 4) is 0 Å². The Kier molecular flexibility index (Phi) is 4.81. The van der Waals surface area contributed by atoms with E-state index in [-0.39, 0.29) is 5.92 Å². The Labute approximate surface area is 115 Å². The average molecular weight is 270 g/mol. The van der Waals surface area contributed by atoms with Gasteiger partial charge in [0.15, 0.2) is 0 Å². The molecule has 0 aromatic heterocycles. The summed E-state index contributed by atoms with van der Waals surface area (Å²) < 4.78 is 5.43. The third-order valence-corrected chi connectivity index (χ3v) is 4.30. The Bertz CT molecular complexity index is 320. The highest BCUT2D eigenvalue weighted by Gasteiger charge is 2.52. The third-order valence-electron chi connectivity index (χ3n) is 4.30. The summed E-state index contributed by atoms with van der Waals surface area (Å²) in [5.41, 5.74) is -0.762. The van der Waals surface area contributed by atoms with Crippen molar-refractivity contribution >= 4 is 5.97 Å². The molecule has 0 spiro atoms. The maximum Gasteiger partial charge on any atom is 0.325 e. The lowest BCUT2D eigenvalue weighted by Gasteiger charge is -2.41. The zero-order valence-corrected chi connectivity index (χ0v) is 12.0. The van der Waals surface area contributed by atoms with Crippen molar-refractivity contribution in [3.05, 3.63) is 0 Å². The van der Waals surface area contributed by atoms with Crippen LogP contribution in [0.25, 0.3) is 0 Å². The highest BCUT2D eigenvalue weighted by molar-refractivity contribution is 5.80. The van der Waals surface area contributed by atoms with Crippen molar-refractivity contribution < 1.29 is 14.6 Å². The van der Waals surface area contributed by atoms with Gasteiger partial charge in [0, 0.05) is 19.1 Å². The van der Waals surface area contributed by atoms with Gasteiger partial charge in [-0.1, -0.05) is 6.92 Å². The van der Waals surface area contributed by atoms with E-state index >= 15 is 0 Å². The molecule has 2 N–H and O–H groups in total. The molecule has 0 aromatic rings. The molecule has 1 aliphatic heterocycles. The van der Waals surface area contributed by atoms with Crippen LogP contribution in [0, 0.1) is 5.92 Å². The van der Waals surface area contributed by atoms with E-state index in [0.29, 0.717) is 25.8 Å². The molecule has 0 amide bonds. The van der Waals surface area contributed by atoms with Crippen molar-refractivity contribution in [3.63, 3.8) is 0 Å². The number of ether oxygens (including phenoxy) is 1. The van der Waals surface area contributed by atoms with E-state index in [1.807, 2.05) is 0 Å². The van der Waals surface area contributed by atoms with Gasteiger partial charge in [0.2, 0.25) is 0 Å². The number of nitrogens with zero attached hydrogens (tertiary/aromatic N) is 1. The zero-order chi connectivity index (χ0) is 13.9. The van der Waals surface area contributed by atoms with Gasteiger partial charge in [0.05, 0.1) is 13.2 Å². The molecular formula is C14H26N2O3. The van der Waals surface area contributed by atoms with Crippen molar-refractivity contribution in [1.82, 2.24) is 10.2 Å². The number of hydrogen-bond donors (Lipinski definition) is 2. The van der Waals surface area contributed by atoms with E-state index in [1.54, 1.807) is 0 Å². The predicted molar refractivity (Wildman–Crippen MR) is 73.2 cm³/mol. The number of carboxylic acids is 1. The Morgan fingerprint density at radius 2 is 2.26 bits per heavy atom. The van der Waals surface area contributed by atoms with Crippen molar-refractivity contribution in [1.29, 1.82) is 0 Å². The largest absolute Gasteiger partial charge is 0.480 e. The van der Waals surface area contributed by atoms with Crippen LogP contribution in [-0.2, 0) is 9.53 Å². The molecule has 2 fully saturated rings. The Balaban J connectivity index is 2.09. The Morgan fingerprint density at radius 3 is 2.79 bits per heavy atom. The molecule has 2 atom stereocenters. The van der Waals surface area contributed by atoms with Crippen LogP contribution in [0.1, 0.15) is 33.1 Å². The predicted octanol–water partition coefficient (Wildman–Crippen LogP) is 0.940. The average Bonchev–Trinajstić information content (AvgIpc) is 3.21. The summed E-state index contributed by atoms with van der Waals surface area (Å²) in [6, 6.07) is 0.301. The summed E-state index contributed by atoms with van der Waals surface area (Å²) in [6.07, 6.45) is 3.02. The van der Waals surface area contributed by atoms with Crippen LogP contribution in [0.15, 0.2) is 0 Å². The van der Waals surface area contributed by atoms with Gasteiger partial charge in [-0.2, -0.15) is 0 Å². The highest BCUT2D eigenvalue weighted by atomic mass is 16.5. The van der Waals surface area contributed by atoms with Gasteiger partial charge in [0.25, 0.3) is 0 Å². The second kappa shape index (κ2) is 6.20. The molecule has 0 radical (unpaired) electrons. The van der Waals surface area contributed by atoms with E-state index in [4.69, 9.17) is 4.74 Å². The number of nitrogens with one attached hydrogen (secondary N) is 1. The molecule has 1 saturated carbocycles. The monoisotopic (exact) mass is 270 g/mol. The minimum Gasteiger partial charge on any atom is -0.480 e. The van der Waals surface area contributed by atoms with Gasteiger partial charge < -0.3 is 15.2 Å². The summed E-state index contributed by atoms with van der Waals surface area (Å²) in [7, 11) is 0. The number of morpholine rings is 1. The first-order valence-electron chi connectivity index (χ1n) is 7.40. The van der Waals surface area contributed by atoms with Gasteiger partial charge >= 0.3 is 5.97 Å². The number of hydrogen-bond acceptors (Lipinski definition) is 4. The number of rotatable bonds is 7. The molecule has 1 saturated heterocycles. The molecular weight excluding hydrogens is 244 g/mol. The van der Waals surface area contributed by atoms with Gasteiger partial charge in [0.1, 0.15) is 5.54 Å². The van der Waals surface area contributed by atoms with E-state index in [2.05, 4.69) is 24.1 Å². The lowest BCUT2D eigenvalue weighted by Crippen LogP contribution is -2.63. The van der Waals surface area contributed by atoms with E-state index < -0.39 is 11.5 Å². The van der Waals surface area contributed by atoms with Gasteiger partial charge in [-0.05, 0) is 38.6 Å². The smallest absolute Gasteiger partial charge is 0.325 e. The zero-order valence-electron chi connectivity index (χ0n) is 12.0. The molecule has 0 aromatic carbocycles. The minimum absolute atomic E-state index is 0.284. The summed E-state index contributed by atoms with van der Waals surface area (Å²) in [5, 5.41) is 13.1. The van der Waals surface area contributed by atoms with Crippen LogP contribution in [0.5, 0.6) is 0 Å². The fraction of sp³-hybridized carbons (Fsp3) is 0.929. The molecule has 1 heterocycles. The van der Waals surface area contributed by atoms with E-state index in [9.17, 15) is 9.90 Å². The van der Waals surface area contributed by atoms with E-state index in [0.717, 1.165) is 32.4 Å². The Hall–Kier alpha value is -0.650. The molecule has 2 unspecified atom stereocenters. The van der Waals surface area contributed by atoms with Crippen LogP contribution < -0.4 is 5.32 Å². The molecule has 5 nitrogen and oxygen atoms in total. The van der Waals surface area contributed by atoms with E-state index in [1.165, 1.54) is 0 Å². The van der Waals surface area contributed by atoms with Crippen LogP contribution in [0.2, 0.25) is 0 Å². The Morgan fingerprint density at radius 1 is 1.53 bits per heavy atom. The summed E-state index contributed by atoms with van der Waals surface area (Å²) in [5.74, 6) is -0.409. The molecule has 2 rings (SSSR count). The van der Waals surface area contributed by atoms with Crippen molar-refractivity contribution in [2.24, 2.45) is 5.92 Å². The van der Waals surface area contributed by atoms with Crippen LogP contribution >= 0.6 is 0 Å². The van der Waals surface area contributed by atoms with Gasteiger partial charge in [-0.3, -0.25) is 9.69 Å². The SMILES string of the molecule is CCCNC(CN1CCOCC1C)(C(=O)O)C1CC1. The topological polar surface area (TPSA) is 61.8 Å². The maximum absolute atomic E-state index is 11.9. The van der Waals surface area contributed by atoms with Crippen molar-refractivity contribution in [2.75, 3.05) is 32.8 Å². The number of carboxylic acid groups (broad SMARTS) is 1. The standard InChI is InChI=1S/C14H26N2O3/c1-3-6-15-14(13(17)18,12-4-5-12)10-16-7-8-19-9-11(16)2/h11-12,15H,3-10H2,1-2H3,(H,17,18). The first-order chi connectivity index (χ1) is 9.10. The van der Waals surface area contributed by atoms with Crippen LogP contribution in [-0.4, -0.2) is 60.4 Å². The summed E-state index contributed by atoms with van der Waals surface area (Å²) in [4.78, 5) is 14.1. The molecule has 1 aliphatic carbocycles. The first kappa shape index (κ1) is 14.8. The molecule has 19 heavy (non-hydrogen) atoms. The van der Waals surface area contributed by atoms with Gasteiger partial charge in [-0.25, -0.2) is 0 Å². The third kappa shape index (κ3) is 3.27. The normalized spacial score (nSPS) is 28.0. The molecule has 110 valence electrons. The summed E-state index contributed by atoms with van der Waals surface area (Å²) in [6.45, 7) is 7.78. The van der Waals surface area contributed by atoms with Gasteiger partial charge in [-0.15, -0.1) is 0 Å². The lowest BCUT2D eigenvalue weighted by molar-refractivity contribution is -0.148. The van der Waals surface area contributed by atoms with Crippen LogP contribution in [0.3, 0.4) is 0 Å². The quantitative estimate of drug-likeness (QED) is 0.721. The minimum atomic E-state index is -0.762.